The number of hydrogen-bond acceptors (Lipinski definition) is 3. The summed E-state index contributed by atoms with van der Waals surface area (Å²) in [5, 5.41) is 0. The standard InChI is InChI=1S/C17H17FO3/c1-20-16-4-2-3-13(11-16)12-21-10-9-17(19)14-5-7-15(18)8-6-14/h2-8,11H,9-10,12H2,1H3. The number of ketones is 1. The molecule has 0 saturated heterocycles. The number of methoxy groups -OCH3 is 1. The maximum atomic E-state index is 12.8. The zero-order valence-corrected chi connectivity index (χ0v) is 11.8. The van der Waals surface area contributed by atoms with Crippen LogP contribution in [0, 0.1) is 5.82 Å². The van der Waals surface area contributed by atoms with Gasteiger partial charge in [-0.1, -0.05) is 12.1 Å². The summed E-state index contributed by atoms with van der Waals surface area (Å²) < 4.78 is 23.4. The summed E-state index contributed by atoms with van der Waals surface area (Å²) in [6.45, 7) is 0.751. The van der Waals surface area contributed by atoms with E-state index >= 15 is 0 Å². The van der Waals surface area contributed by atoms with Gasteiger partial charge in [0.05, 0.1) is 20.3 Å². The van der Waals surface area contributed by atoms with Gasteiger partial charge in [0, 0.05) is 12.0 Å². The average Bonchev–Trinajstić information content (AvgIpc) is 2.52. The molecule has 0 aliphatic heterocycles. The van der Waals surface area contributed by atoms with Gasteiger partial charge in [-0.05, 0) is 42.0 Å². The Morgan fingerprint density at radius 3 is 2.62 bits per heavy atom. The molecule has 21 heavy (non-hydrogen) atoms. The molecule has 0 atom stereocenters. The number of carbonyl (C=O) groups is 1. The van der Waals surface area contributed by atoms with E-state index in [0.29, 0.717) is 18.8 Å². The SMILES string of the molecule is COc1cccc(COCCC(=O)c2ccc(F)cc2)c1. The molecule has 2 aromatic carbocycles. The topological polar surface area (TPSA) is 35.5 Å². The van der Waals surface area contributed by atoms with Gasteiger partial charge in [0.2, 0.25) is 0 Å². The Hall–Kier alpha value is -2.20. The fraction of sp³-hybridized carbons (Fsp3) is 0.235. The van der Waals surface area contributed by atoms with Crippen molar-refractivity contribution in [3.8, 4) is 5.75 Å². The molecule has 0 aromatic heterocycles. The third kappa shape index (κ3) is 4.68. The minimum atomic E-state index is -0.346. The molecule has 0 radical (unpaired) electrons. The van der Waals surface area contributed by atoms with Gasteiger partial charge in [-0.15, -0.1) is 0 Å². The van der Waals surface area contributed by atoms with Crippen LogP contribution in [-0.2, 0) is 11.3 Å². The van der Waals surface area contributed by atoms with Crippen LogP contribution < -0.4 is 4.74 Å². The van der Waals surface area contributed by atoms with Crippen molar-refractivity contribution in [3.63, 3.8) is 0 Å². The lowest BCUT2D eigenvalue weighted by molar-refractivity contribution is 0.0848. The number of carbonyl (C=O) groups excluding carboxylic acids is 1. The summed E-state index contributed by atoms with van der Waals surface area (Å²) in [6, 6.07) is 13.1. The molecule has 0 heterocycles. The Morgan fingerprint density at radius 2 is 1.90 bits per heavy atom. The Balaban J connectivity index is 1.76. The molecule has 0 unspecified atom stereocenters. The van der Waals surface area contributed by atoms with Crippen molar-refractivity contribution in [3.05, 3.63) is 65.5 Å². The Morgan fingerprint density at radius 1 is 1.14 bits per heavy atom. The number of Topliss-reactive ketones (excluding diaryl/α,β-unsaturated/α-hetero) is 1. The van der Waals surface area contributed by atoms with E-state index < -0.39 is 0 Å². The maximum absolute atomic E-state index is 12.8. The van der Waals surface area contributed by atoms with Crippen molar-refractivity contribution in [1.82, 2.24) is 0 Å². The van der Waals surface area contributed by atoms with E-state index in [-0.39, 0.29) is 18.0 Å². The molecule has 0 saturated carbocycles. The minimum absolute atomic E-state index is 0.0550. The first-order valence-corrected chi connectivity index (χ1v) is 6.68. The number of halogens is 1. The zero-order chi connectivity index (χ0) is 15.1. The van der Waals surface area contributed by atoms with Gasteiger partial charge in [-0.2, -0.15) is 0 Å². The highest BCUT2D eigenvalue weighted by Gasteiger charge is 2.06. The summed E-state index contributed by atoms with van der Waals surface area (Å²) in [6.07, 6.45) is 0.273. The van der Waals surface area contributed by atoms with E-state index in [2.05, 4.69) is 0 Å². The lowest BCUT2D eigenvalue weighted by Crippen LogP contribution is -2.05. The van der Waals surface area contributed by atoms with E-state index in [1.807, 2.05) is 24.3 Å². The van der Waals surface area contributed by atoms with Crippen molar-refractivity contribution in [2.75, 3.05) is 13.7 Å². The molecular weight excluding hydrogens is 271 g/mol. The second kappa shape index (κ2) is 7.55. The Kier molecular flexibility index (Phi) is 5.46. The van der Waals surface area contributed by atoms with Crippen LogP contribution in [0.4, 0.5) is 4.39 Å². The monoisotopic (exact) mass is 288 g/mol. The van der Waals surface area contributed by atoms with Gasteiger partial charge in [-0.3, -0.25) is 4.79 Å². The van der Waals surface area contributed by atoms with Crippen LogP contribution in [0.1, 0.15) is 22.3 Å². The molecule has 0 amide bonds. The van der Waals surface area contributed by atoms with Crippen LogP contribution in [0.2, 0.25) is 0 Å². The highest BCUT2D eigenvalue weighted by Crippen LogP contribution is 2.13. The fourth-order valence-corrected chi connectivity index (χ4v) is 1.90. The molecule has 2 rings (SSSR count). The summed E-state index contributed by atoms with van der Waals surface area (Å²) in [5.41, 5.74) is 1.49. The van der Waals surface area contributed by atoms with Gasteiger partial charge in [0.25, 0.3) is 0 Å². The van der Waals surface area contributed by atoms with Gasteiger partial charge in [-0.25, -0.2) is 4.39 Å². The number of ether oxygens (including phenoxy) is 2. The van der Waals surface area contributed by atoms with Crippen molar-refractivity contribution in [2.24, 2.45) is 0 Å². The molecule has 0 aliphatic carbocycles. The highest BCUT2D eigenvalue weighted by atomic mass is 19.1. The summed E-state index contributed by atoms with van der Waals surface area (Å²) in [5.74, 6) is 0.375. The molecule has 3 nitrogen and oxygen atoms in total. The Labute approximate surface area is 123 Å². The van der Waals surface area contributed by atoms with Crippen molar-refractivity contribution >= 4 is 5.78 Å². The normalized spacial score (nSPS) is 10.4. The third-order valence-corrected chi connectivity index (χ3v) is 3.04. The van der Waals surface area contributed by atoms with Crippen LogP contribution in [0.15, 0.2) is 48.5 Å². The van der Waals surface area contributed by atoms with Gasteiger partial charge in [0.15, 0.2) is 5.78 Å². The van der Waals surface area contributed by atoms with Crippen LogP contribution in [0.25, 0.3) is 0 Å². The van der Waals surface area contributed by atoms with Crippen LogP contribution in [0.5, 0.6) is 5.75 Å². The van der Waals surface area contributed by atoms with Gasteiger partial charge in [0.1, 0.15) is 11.6 Å². The Bertz CT molecular complexity index is 593. The van der Waals surface area contributed by atoms with E-state index in [9.17, 15) is 9.18 Å². The van der Waals surface area contributed by atoms with Crippen molar-refractivity contribution < 1.29 is 18.7 Å². The quantitative estimate of drug-likeness (QED) is 0.576. The number of rotatable bonds is 7. The predicted molar refractivity (Wildman–Crippen MR) is 78.0 cm³/mol. The second-order valence-electron chi connectivity index (χ2n) is 4.58. The molecular formula is C17H17FO3. The first kappa shape index (κ1) is 15.2. The molecule has 0 N–H and O–H groups in total. The van der Waals surface area contributed by atoms with Crippen molar-refractivity contribution in [1.29, 1.82) is 0 Å². The summed E-state index contributed by atoms with van der Waals surface area (Å²) in [7, 11) is 1.61. The van der Waals surface area contributed by atoms with Gasteiger partial charge < -0.3 is 9.47 Å². The lowest BCUT2D eigenvalue weighted by atomic mass is 10.1. The van der Waals surface area contributed by atoms with E-state index in [4.69, 9.17) is 9.47 Å². The lowest BCUT2D eigenvalue weighted by Gasteiger charge is -2.06. The third-order valence-electron chi connectivity index (χ3n) is 3.04. The van der Waals surface area contributed by atoms with Gasteiger partial charge >= 0.3 is 0 Å². The molecule has 4 heteroatoms. The van der Waals surface area contributed by atoms with E-state index in [0.717, 1.165) is 11.3 Å². The van der Waals surface area contributed by atoms with E-state index in [1.54, 1.807) is 7.11 Å². The van der Waals surface area contributed by atoms with E-state index in [1.165, 1.54) is 24.3 Å². The number of benzene rings is 2. The van der Waals surface area contributed by atoms with Crippen LogP contribution >= 0.6 is 0 Å². The van der Waals surface area contributed by atoms with Crippen molar-refractivity contribution in [2.45, 2.75) is 13.0 Å². The average molecular weight is 288 g/mol. The molecule has 0 aliphatic rings. The minimum Gasteiger partial charge on any atom is -0.497 e. The smallest absolute Gasteiger partial charge is 0.165 e. The molecule has 0 spiro atoms. The highest BCUT2D eigenvalue weighted by molar-refractivity contribution is 5.96. The number of hydrogen-bond donors (Lipinski definition) is 0. The first-order chi connectivity index (χ1) is 10.2. The zero-order valence-electron chi connectivity index (χ0n) is 11.8. The molecule has 0 fully saturated rings. The predicted octanol–water partition coefficient (Wildman–Crippen LogP) is 3.62. The first-order valence-electron chi connectivity index (χ1n) is 6.68. The molecule has 2 aromatic rings. The molecule has 110 valence electrons. The summed E-state index contributed by atoms with van der Waals surface area (Å²) >= 11 is 0. The van der Waals surface area contributed by atoms with Crippen LogP contribution in [-0.4, -0.2) is 19.5 Å². The molecule has 0 bridgehead atoms. The fourth-order valence-electron chi connectivity index (χ4n) is 1.90. The maximum Gasteiger partial charge on any atom is 0.165 e. The second-order valence-corrected chi connectivity index (χ2v) is 4.58. The summed E-state index contributed by atoms with van der Waals surface area (Å²) in [4.78, 5) is 11.8. The van der Waals surface area contributed by atoms with Crippen LogP contribution in [0.3, 0.4) is 0 Å². The largest absolute Gasteiger partial charge is 0.497 e.